The number of alkyl halides is 6. The lowest BCUT2D eigenvalue weighted by Crippen LogP contribution is -2.25. The van der Waals surface area contributed by atoms with Gasteiger partial charge in [-0.2, -0.15) is 43.2 Å². The predicted octanol–water partition coefficient (Wildman–Crippen LogP) is 1.27. The van der Waals surface area contributed by atoms with E-state index in [2.05, 4.69) is 4.18 Å². The van der Waals surface area contributed by atoms with E-state index in [-0.39, 0.29) is 0 Å². The van der Waals surface area contributed by atoms with Crippen molar-refractivity contribution in [2.24, 2.45) is 0 Å². The largest absolute Gasteiger partial charge is 0.523 e. The molecule has 0 aromatic heterocycles. The molecule has 0 radical (unpaired) electrons. The molecule has 0 amide bonds. The van der Waals surface area contributed by atoms with Gasteiger partial charge in [-0.05, 0) is 6.92 Å². The average Bonchev–Trinajstić information content (AvgIpc) is 1.98. The zero-order chi connectivity index (χ0) is 15.4. The Labute approximate surface area is 97.4 Å². The van der Waals surface area contributed by atoms with E-state index in [1.807, 2.05) is 0 Å². The van der Waals surface area contributed by atoms with Crippen LogP contribution >= 0.6 is 0 Å². The summed E-state index contributed by atoms with van der Waals surface area (Å²) in [6, 6.07) is 0. The Morgan fingerprint density at radius 1 is 0.944 bits per heavy atom. The molecule has 0 aromatic rings. The maximum atomic E-state index is 11.3. The Balaban J connectivity index is 0. The molecule has 112 valence electrons. The van der Waals surface area contributed by atoms with Crippen molar-refractivity contribution in [1.82, 2.24) is 0 Å². The zero-order valence-electron chi connectivity index (χ0n) is 8.28. The highest BCUT2D eigenvalue weighted by atomic mass is 32.2. The molecule has 0 rings (SSSR count). The van der Waals surface area contributed by atoms with Gasteiger partial charge < -0.3 is 0 Å². The molecule has 0 heterocycles. The lowest BCUT2D eigenvalue weighted by molar-refractivity contribution is -0.0539. The molecule has 0 fully saturated rings. The monoisotopic (exact) mass is 328 g/mol. The highest BCUT2D eigenvalue weighted by Gasteiger charge is 2.47. The number of hydrogen-bond acceptors (Lipinski definition) is 5. The Bertz CT molecular complexity index is 443. The Morgan fingerprint density at radius 2 is 1.22 bits per heavy atom. The van der Waals surface area contributed by atoms with Crippen molar-refractivity contribution < 1.29 is 51.9 Å². The summed E-state index contributed by atoms with van der Waals surface area (Å²) in [6.45, 7) is 0.644. The van der Waals surface area contributed by atoms with Gasteiger partial charge in [-0.15, -0.1) is 0 Å². The van der Waals surface area contributed by atoms with Gasteiger partial charge in [0.2, 0.25) is 0 Å². The second-order valence-corrected chi connectivity index (χ2v) is 5.25. The van der Waals surface area contributed by atoms with Crippen LogP contribution < -0.4 is 0 Å². The van der Waals surface area contributed by atoms with Crippen molar-refractivity contribution in [1.29, 1.82) is 0 Å². The van der Waals surface area contributed by atoms with E-state index in [1.165, 1.54) is 0 Å². The number of rotatable bonds is 2. The third kappa shape index (κ3) is 6.97. The second kappa shape index (κ2) is 6.03. The Kier molecular flexibility index (Phi) is 6.61. The van der Waals surface area contributed by atoms with Crippen molar-refractivity contribution in [3.8, 4) is 0 Å². The molecule has 14 heteroatoms. The van der Waals surface area contributed by atoms with Crippen LogP contribution in [0.2, 0.25) is 0 Å². The third-order valence-electron chi connectivity index (χ3n) is 0.849. The van der Waals surface area contributed by atoms with Crippen LogP contribution in [0, 0.1) is 0 Å². The van der Waals surface area contributed by atoms with Crippen molar-refractivity contribution in [3.05, 3.63) is 0 Å². The zero-order valence-corrected chi connectivity index (χ0v) is 9.91. The first-order valence-corrected chi connectivity index (χ1v) is 6.40. The van der Waals surface area contributed by atoms with Gasteiger partial charge in [0.15, 0.2) is 0 Å². The summed E-state index contributed by atoms with van der Waals surface area (Å²) in [5.74, 6) is 0. The van der Waals surface area contributed by atoms with E-state index in [0.29, 0.717) is 0 Å². The minimum atomic E-state index is -5.84. The fourth-order valence-electron chi connectivity index (χ4n) is 0.222. The van der Waals surface area contributed by atoms with Crippen LogP contribution in [0.3, 0.4) is 0 Å². The van der Waals surface area contributed by atoms with Gasteiger partial charge in [0, 0.05) is 0 Å². The Hall–Kier alpha value is -0.600. The smallest absolute Gasteiger partial charge is 0.279 e. The highest BCUT2D eigenvalue weighted by Crippen LogP contribution is 2.24. The maximum Gasteiger partial charge on any atom is 0.523 e. The summed E-state index contributed by atoms with van der Waals surface area (Å²) in [7, 11) is -11.2. The molecule has 0 aromatic carbocycles. The predicted molar refractivity (Wildman–Crippen MR) is 44.2 cm³/mol. The molecular weight excluding hydrogens is 322 g/mol. The molecule has 1 N–H and O–H groups in total. The Morgan fingerprint density at radius 3 is 1.28 bits per heavy atom. The van der Waals surface area contributed by atoms with Crippen molar-refractivity contribution in [3.63, 3.8) is 0 Å². The third-order valence-corrected chi connectivity index (χ3v) is 2.55. The van der Waals surface area contributed by atoms with Gasteiger partial charge >= 0.3 is 31.3 Å². The van der Waals surface area contributed by atoms with Gasteiger partial charge in [-0.1, -0.05) is 0 Å². The first kappa shape index (κ1) is 19.7. The summed E-state index contributed by atoms with van der Waals surface area (Å²) >= 11 is 0. The molecule has 0 aliphatic heterocycles. The topological polar surface area (TPSA) is 97.7 Å². The van der Waals surface area contributed by atoms with Gasteiger partial charge in [0.25, 0.3) is 0 Å². The highest BCUT2D eigenvalue weighted by molar-refractivity contribution is 7.87. The molecule has 0 saturated heterocycles. The van der Waals surface area contributed by atoms with E-state index < -0.39 is 37.9 Å². The molecule has 0 bridgehead atoms. The molecule has 0 unspecified atom stereocenters. The lowest BCUT2D eigenvalue weighted by Gasteiger charge is -2.05. The molecule has 0 saturated carbocycles. The van der Waals surface area contributed by atoms with Crippen LogP contribution in [-0.4, -0.2) is 39.0 Å². The van der Waals surface area contributed by atoms with Crippen molar-refractivity contribution >= 4 is 20.2 Å². The van der Waals surface area contributed by atoms with Crippen LogP contribution in [0.1, 0.15) is 6.92 Å². The normalized spacial score (nSPS) is 13.8. The molecule has 0 aliphatic carbocycles. The molecule has 6 nitrogen and oxygen atoms in total. The van der Waals surface area contributed by atoms with Gasteiger partial charge in [-0.25, -0.2) is 0 Å². The molecule has 0 spiro atoms. The summed E-state index contributed by atoms with van der Waals surface area (Å²) in [5, 5.41) is 0. The lowest BCUT2D eigenvalue weighted by atomic mass is 10.9. The van der Waals surface area contributed by atoms with Crippen molar-refractivity contribution in [2.75, 3.05) is 6.61 Å². The van der Waals surface area contributed by atoms with E-state index in [4.69, 9.17) is 13.0 Å². The summed E-state index contributed by atoms with van der Waals surface area (Å²) in [4.78, 5) is 0. The summed E-state index contributed by atoms with van der Waals surface area (Å²) in [5.41, 5.74) is -10.8. The number of hydrogen-bond donors (Lipinski definition) is 1. The molecule has 18 heavy (non-hydrogen) atoms. The van der Waals surface area contributed by atoms with Crippen LogP contribution in [0.25, 0.3) is 0 Å². The first-order valence-electron chi connectivity index (χ1n) is 3.55. The van der Waals surface area contributed by atoms with Crippen LogP contribution in [0.4, 0.5) is 26.3 Å². The van der Waals surface area contributed by atoms with E-state index in [1.54, 1.807) is 0 Å². The minimum Gasteiger partial charge on any atom is -0.279 e. The quantitative estimate of drug-likeness (QED) is 0.355. The van der Waals surface area contributed by atoms with Crippen molar-refractivity contribution in [2.45, 2.75) is 17.9 Å². The molecular formula is C4H6F6O6S2. The minimum absolute atomic E-state index is 0.512. The van der Waals surface area contributed by atoms with Gasteiger partial charge in [-0.3, -0.25) is 8.74 Å². The summed E-state index contributed by atoms with van der Waals surface area (Å²) < 4.78 is 115. The summed E-state index contributed by atoms with van der Waals surface area (Å²) in [6.07, 6.45) is 0. The standard InChI is InChI=1S/C3H5F3O3S.CHF3O3S/c1-2-9-10(7,8)3(4,5)6;2-1(3,4)8(5,6)7/h2H2,1H3;(H,5,6,7). The van der Waals surface area contributed by atoms with E-state index in [9.17, 15) is 34.8 Å². The SMILES string of the molecule is CCOS(=O)(=O)C(F)(F)F.O=S(=O)(O)C(F)(F)F. The maximum absolute atomic E-state index is 11.3. The molecule has 0 aliphatic rings. The number of halogens is 6. The fraction of sp³-hybridized carbons (Fsp3) is 1.00. The van der Waals surface area contributed by atoms with Crippen LogP contribution in [0.15, 0.2) is 0 Å². The van der Waals surface area contributed by atoms with Crippen LogP contribution in [0.5, 0.6) is 0 Å². The van der Waals surface area contributed by atoms with E-state index in [0.717, 1.165) is 6.92 Å². The van der Waals surface area contributed by atoms with Gasteiger partial charge in [0.1, 0.15) is 0 Å². The van der Waals surface area contributed by atoms with Crippen LogP contribution in [-0.2, 0) is 24.4 Å². The van der Waals surface area contributed by atoms with E-state index >= 15 is 0 Å². The average molecular weight is 328 g/mol. The second-order valence-electron chi connectivity index (χ2n) is 2.23. The van der Waals surface area contributed by atoms with Gasteiger partial charge in [0.05, 0.1) is 6.61 Å². The first-order chi connectivity index (χ1) is 7.56. The molecule has 0 atom stereocenters. The fourth-order valence-corrected chi connectivity index (χ4v) is 0.666.